The van der Waals surface area contributed by atoms with Gasteiger partial charge in [0, 0.05) is 50.9 Å². The van der Waals surface area contributed by atoms with Gasteiger partial charge in [0.2, 0.25) is 0 Å². The quantitative estimate of drug-likeness (QED) is 0.796. The first-order chi connectivity index (χ1) is 13.2. The molecule has 0 saturated carbocycles. The van der Waals surface area contributed by atoms with Crippen molar-refractivity contribution in [3.63, 3.8) is 0 Å². The Hall–Kier alpha value is -2.48. The van der Waals surface area contributed by atoms with Gasteiger partial charge in [0.1, 0.15) is 17.1 Å². The topological polar surface area (TPSA) is 80.3 Å². The summed E-state index contributed by atoms with van der Waals surface area (Å²) >= 11 is 0. The fourth-order valence-electron chi connectivity index (χ4n) is 2.85. The highest BCUT2D eigenvalue weighted by Crippen LogP contribution is 2.22. The first kappa shape index (κ1) is 21.8. The molecule has 1 aliphatic heterocycles. The molecule has 0 bridgehead atoms. The van der Waals surface area contributed by atoms with Gasteiger partial charge in [-0.05, 0) is 32.9 Å². The monoisotopic (exact) mass is 393 g/mol. The van der Waals surface area contributed by atoms with Crippen LogP contribution in [0.25, 0.3) is 0 Å². The van der Waals surface area contributed by atoms with Gasteiger partial charge in [-0.2, -0.15) is 0 Å². The van der Waals surface area contributed by atoms with E-state index in [0.29, 0.717) is 36.7 Å². The molecule has 2 rings (SSSR count). The van der Waals surface area contributed by atoms with Crippen molar-refractivity contribution in [1.82, 2.24) is 15.1 Å². The van der Waals surface area contributed by atoms with Crippen molar-refractivity contribution in [2.75, 3.05) is 53.5 Å². The average molecular weight is 393 g/mol. The number of methoxy groups -OCH3 is 2. The number of amides is 2. The molecule has 0 spiro atoms. The molecule has 1 aromatic carbocycles. The van der Waals surface area contributed by atoms with Gasteiger partial charge in [0.25, 0.3) is 5.91 Å². The number of piperazine rings is 1. The molecule has 1 heterocycles. The molecule has 0 radical (unpaired) electrons. The van der Waals surface area contributed by atoms with Gasteiger partial charge in [0.05, 0.1) is 14.2 Å². The van der Waals surface area contributed by atoms with Gasteiger partial charge in [-0.1, -0.05) is 0 Å². The first-order valence-corrected chi connectivity index (χ1v) is 9.43. The Kier molecular flexibility index (Phi) is 7.51. The lowest BCUT2D eigenvalue weighted by molar-refractivity contribution is 0.0147. The first-order valence-electron chi connectivity index (χ1n) is 9.43. The Balaban J connectivity index is 1.76. The van der Waals surface area contributed by atoms with Gasteiger partial charge >= 0.3 is 6.09 Å². The minimum absolute atomic E-state index is 0.176. The van der Waals surface area contributed by atoms with Crippen molar-refractivity contribution in [3.05, 3.63) is 23.8 Å². The molecular weight excluding hydrogens is 362 g/mol. The average Bonchev–Trinajstić information content (AvgIpc) is 2.66. The van der Waals surface area contributed by atoms with Crippen LogP contribution in [-0.4, -0.2) is 80.9 Å². The molecule has 0 aromatic heterocycles. The summed E-state index contributed by atoms with van der Waals surface area (Å²) in [4.78, 5) is 28.4. The number of carbonyl (C=O) groups excluding carboxylic acids is 2. The van der Waals surface area contributed by atoms with E-state index in [9.17, 15) is 9.59 Å². The van der Waals surface area contributed by atoms with E-state index < -0.39 is 5.60 Å². The van der Waals surface area contributed by atoms with Crippen LogP contribution >= 0.6 is 0 Å². The lowest BCUT2D eigenvalue weighted by Crippen LogP contribution is -2.51. The van der Waals surface area contributed by atoms with Crippen molar-refractivity contribution in [1.29, 1.82) is 0 Å². The van der Waals surface area contributed by atoms with E-state index in [1.807, 2.05) is 20.8 Å². The Bertz CT molecular complexity index is 657. The second-order valence-corrected chi connectivity index (χ2v) is 7.67. The van der Waals surface area contributed by atoms with Crippen LogP contribution in [0.1, 0.15) is 31.1 Å². The number of carbonyl (C=O) groups is 2. The highest BCUT2D eigenvalue weighted by Gasteiger charge is 2.25. The minimum atomic E-state index is -0.485. The maximum atomic E-state index is 12.4. The van der Waals surface area contributed by atoms with Crippen molar-refractivity contribution < 1.29 is 23.8 Å². The lowest BCUT2D eigenvalue weighted by Gasteiger charge is -2.35. The van der Waals surface area contributed by atoms with E-state index >= 15 is 0 Å². The number of hydrogen-bond donors (Lipinski definition) is 1. The Labute approximate surface area is 166 Å². The normalized spacial score (nSPS) is 15.1. The fraction of sp³-hybridized carbons (Fsp3) is 0.600. The Morgan fingerprint density at radius 1 is 1.00 bits per heavy atom. The van der Waals surface area contributed by atoms with E-state index in [1.165, 1.54) is 0 Å². The van der Waals surface area contributed by atoms with Crippen molar-refractivity contribution >= 4 is 12.0 Å². The number of rotatable bonds is 6. The number of nitrogens with one attached hydrogen (secondary N) is 1. The zero-order valence-electron chi connectivity index (χ0n) is 17.4. The van der Waals surface area contributed by atoms with Crippen LogP contribution in [0, 0.1) is 0 Å². The SMILES string of the molecule is COc1cc(OC)cc(C(=O)NCCN2CCN(C(=O)OC(C)(C)C)CC2)c1. The van der Waals surface area contributed by atoms with Crippen LogP contribution < -0.4 is 14.8 Å². The van der Waals surface area contributed by atoms with Gasteiger partial charge in [-0.15, -0.1) is 0 Å². The number of hydrogen-bond acceptors (Lipinski definition) is 6. The predicted molar refractivity (Wildman–Crippen MR) is 106 cm³/mol. The molecule has 1 aliphatic rings. The van der Waals surface area contributed by atoms with E-state index in [1.54, 1.807) is 37.3 Å². The van der Waals surface area contributed by atoms with Gasteiger partial charge in [-0.3, -0.25) is 9.69 Å². The third-order valence-corrected chi connectivity index (χ3v) is 4.35. The van der Waals surface area contributed by atoms with Crippen LogP contribution in [0.3, 0.4) is 0 Å². The third-order valence-electron chi connectivity index (χ3n) is 4.35. The van der Waals surface area contributed by atoms with E-state index in [0.717, 1.165) is 19.6 Å². The van der Waals surface area contributed by atoms with Crippen molar-refractivity contribution in [2.45, 2.75) is 26.4 Å². The molecular formula is C20H31N3O5. The second kappa shape index (κ2) is 9.64. The maximum absolute atomic E-state index is 12.4. The standard InChI is InChI=1S/C20H31N3O5/c1-20(2,3)28-19(25)23-10-8-22(9-11-23)7-6-21-18(24)15-12-16(26-4)14-17(13-15)27-5/h12-14H,6-11H2,1-5H3,(H,21,24). The van der Waals surface area contributed by atoms with E-state index in [4.69, 9.17) is 14.2 Å². The van der Waals surface area contributed by atoms with Crippen LogP contribution in [0.5, 0.6) is 11.5 Å². The van der Waals surface area contributed by atoms with E-state index in [2.05, 4.69) is 10.2 Å². The van der Waals surface area contributed by atoms with Gasteiger partial charge in [-0.25, -0.2) is 4.79 Å². The number of ether oxygens (including phenoxy) is 3. The zero-order chi connectivity index (χ0) is 20.7. The molecule has 156 valence electrons. The Morgan fingerprint density at radius 2 is 1.57 bits per heavy atom. The summed E-state index contributed by atoms with van der Waals surface area (Å²) in [5, 5.41) is 2.92. The van der Waals surface area contributed by atoms with Gasteiger partial charge in [0.15, 0.2) is 0 Å². The third kappa shape index (κ3) is 6.60. The highest BCUT2D eigenvalue weighted by molar-refractivity contribution is 5.95. The molecule has 0 unspecified atom stereocenters. The van der Waals surface area contributed by atoms with E-state index in [-0.39, 0.29) is 12.0 Å². The van der Waals surface area contributed by atoms with Crippen LogP contribution in [0.2, 0.25) is 0 Å². The lowest BCUT2D eigenvalue weighted by atomic mass is 10.2. The van der Waals surface area contributed by atoms with Crippen LogP contribution in [0.15, 0.2) is 18.2 Å². The summed E-state index contributed by atoms with van der Waals surface area (Å²) in [6, 6.07) is 5.08. The molecule has 8 heteroatoms. The largest absolute Gasteiger partial charge is 0.497 e. The summed E-state index contributed by atoms with van der Waals surface area (Å²) in [5.74, 6) is 0.968. The highest BCUT2D eigenvalue weighted by atomic mass is 16.6. The Morgan fingerprint density at radius 3 is 2.07 bits per heavy atom. The molecule has 2 amide bonds. The number of nitrogens with zero attached hydrogens (tertiary/aromatic N) is 2. The molecule has 0 aliphatic carbocycles. The minimum Gasteiger partial charge on any atom is -0.497 e. The fourth-order valence-corrected chi connectivity index (χ4v) is 2.85. The van der Waals surface area contributed by atoms with Crippen molar-refractivity contribution in [2.24, 2.45) is 0 Å². The summed E-state index contributed by atoms with van der Waals surface area (Å²) in [5.41, 5.74) is 0.00679. The maximum Gasteiger partial charge on any atom is 0.410 e. The smallest absolute Gasteiger partial charge is 0.410 e. The summed E-state index contributed by atoms with van der Waals surface area (Å²) in [7, 11) is 3.10. The molecule has 1 aromatic rings. The zero-order valence-corrected chi connectivity index (χ0v) is 17.4. The van der Waals surface area contributed by atoms with Crippen LogP contribution in [-0.2, 0) is 4.74 Å². The molecule has 8 nitrogen and oxygen atoms in total. The number of benzene rings is 1. The molecule has 28 heavy (non-hydrogen) atoms. The molecule has 0 atom stereocenters. The van der Waals surface area contributed by atoms with Crippen LogP contribution in [0.4, 0.5) is 4.79 Å². The summed E-state index contributed by atoms with van der Waals surface area (Å²) in [6.45, 7) is 9.57. The predicted octanol–water partition coefficient (Wildman–Crippen LogP) is 1.99. The van der Waals surface area contributed by atoms with Gasteiger partial charge < -0.3 is 24.4 Å². The molecule has 1 N–H and O–H groups in total. The molecule has 1 saturated heterocycles. The second-order valence-electron chi connectivity index (χ2n) is 7.67. The summed E-state index contributed by atoms with van der Waals surface area (Å²) in [6.07, 6.45) is -0.271. The summed E-state index contributed by atoms with van der Waals surface area (Å²) < 4.78 is 15.8. The molecule has 1 fully saturated rings. The van der Waals surface area contributed by atoms with Crippen molar-refractivity contribution in [3.8, 4) is 11.5 Å².